The maximum absolute atomic E-state index is 11.8. The minimum absolute atomic E-state index is 0.0443. The van der Waals surface area contributed by atoms with Crippen molar-refractivity contribution < 1.29 is 28.3 Å². The standard InChI is InChI=1S/C7H6F2N4O4S/c8-3(9)1-17-12-4(6(15)16)5-11-7(10-2-14)18-13-5/h2-3H,1H2,(H,15,16)(H,10,11,13,14)/b12-4-. The fraction of sp³-hybridized carbons (Fsp3) is 0.286. The first-order chi connectivity index (χ1) is 8.54. The van der Waals surface area contributed by atoms with Gasteiger partial charge in [0.1, 0.15) is 0 Å². The second-order valence-corrected chi connectivity index (χ2v) is 3.37. The molecule has 0 aromatic carbocycles. The van der Waals surface area contributed by atoms with E-state index in [-0.39, 0.29) is 11.0 Å². The first-order valence-electron chi connectivity index (χ1n) is 4.30. The molecule has 2 N–H and O–H groups in total. The highest BCUT2D eigenvalue weighted by molar-refractivity contribution is 7.10. The summed E-state index contributed by atoms with van der Waals surface area (Å²) in [5.41, 5.74) is -0.731. The molecule has 98 valence electrons. The van der Waals surface area contributed by atoms with Crippen molar-refractivity contribution in [3.8, 4) is 0 Å². The Morgan fingerprint density at radius 3 is 2.94 bits per heavy atom. The van der Waals surface area contributed by atoms with Crippen molar-refractivity contribution in [3.05, 3.63) is 5.82 Å². The molecule has 18 heavy (non-hydrogen) atoms. The normalized spacial score (nSPS) is 11.4. The summed E-state index contributed by atoms with van der Waals surface area (Å²) in [7, 11) is 0. The lowest BCUT2D eigenvalue weighted by Crippen LogP contribution is -2.17. The minimum Gasteiger partial charge on any atom is -0.476 e. The molecule has 0 unspecified atom stereocenters. The first kappa shape index (κ1) is 13.9. The van der Waals surface area contributed by atoms with E-state index in [2.05, 4.69) is 24.7 Å². The molecule has 0 aliphatic rings. The van der Waals surface area contributed by atoms with Crippen molar-refractivity contribution >= 4 is 34.8 Å². The molecule has 1 heterocycles. The monoisotopic (exact) mass is 280 g/mol. The van der Waals surface area contributed by atoms with Gasteiger partial charge in [-0.15, -0.1) is 0 Å². The number of carboxylic acids is 1. The quantitative estimate of drug-likeness (QED) is 0.418. The summed E-state index contributed by atoms with van der Waals surface area (Å²) in [5.74, 6) is -1.88. The van der Waals surface area contributed by atoms with Crippen molar-refractivity contribution in [2.45, 2.75) is 6.43 Å². The molecule has 11 heteroatoms. The van der Waals surface area contributed by atoms with E-state index >= 15 is 0 Å². The van der Waals surface area contributed by atoms with Gasteiger partial charge in [-0.1, -0.05) is 5.16 Å². The van der Waals surface area contributed by atoms with E-state index in [0.29, 0.717) is 17.9 Å². The molecule has 8 nitrogen and oxygen atoms in total. The summed E-state index contributed by atoms with van der Waals surface area (Å²) in [4.78, 5) is 28.6. The largest absolute Gasteiger partial charge is 0.476 e. The van der Waals surface area contributed by atoms with Crippen LogP contribution in [0, 0.1) is 0 Å². The highest BCUT2D eigenvalue weighted by atomic mass is 32.1. The fourth-order valence-corrected chi connectivity index (χ4v) is 1.29. The average Bonchev–Trinajstić information content (AvgIpc) is 2.72. The van der Waals surface area contributed by atoms with Crippen LogP contribution in [0.1, 0.15) is 5.82 Å². The lowest BCUT2D eigenvalue weighted by Gasteiger charge is -1.98. The minimum atomic E-state index is -2.78. The molecular weight excluding hydrogens is 274 g/mol. The van der Waals surface area contributed by atoms with E-state index in [4.69, 9.17) is 5.11 Å². The van der Waals surface area contributed by atoms with Crippen molar-refractivity contribution in [3.63, 3.8) is 0 Å². The molecule has 1 rings (SSSR count). The zero-order valence-electron chi connectivity index (χ0n) is 8.54. The number of rotatable bonds is 7. The van der Waals surface area contributed by atoms with Gasteiger partial charge in [-0.25, -0.2) is 13.6 Å². The molecule has 0 bridgehead atoms. The number of hydrogen-bond acceptors (Lipinski definition) is 7. The van der Waals surface area contributed by atoms with E-state index in [9.17, 15) is 18.4 Å². The number of carbonyl (C=O) groups excluding carboxylic acids is 1. The van der Waals surface area contributed by atoms with Gasteiger partial charge in [-0.2, -0.15) is 9.36 Å². The summed E-state index contributed by atoms with van der Waals surface area (Å²) >= 11 is 0.708. The zero-order valence-corrected chi connectivity index (χ0v) is 9.36. The van der Waals surface area contributed by atoms with Crippen LogP contribution in [-0.2, 0) is 14.4 Å². The summed E-state index contributed by atoms with van der Waals surface area (Å²) < 4.78 is 27.1. The van der Waals surface area contributed by atoms with Gasteiger partial charge < -0.3 is 15.3 Å². The lowest BCUT2D eigenvalue weighted by atomic mass is 10.4. The van der Waals surface area contributed by atoms with Crippen molar-refractivity contribution in [1.29, 1.82) is 0 Å². The smallest absolute Gasteiger partial charge is 0.362 e. The molecular formula is C7H6F2N4O4S. The van der Waals surface area contributed by atoms with E-state index in [1.54, 1.807) is 0 Å². The average molecular weight is 280 g/mol. The molecule has 0 aliphatic carbocycles. The fourth-order valence-electron chi connectivity index (χ4n) is 0.762. The molecule has 0 radical (unpaired) electrons. The molecule has 0 fully saturated rings. The number of nitrogens with zero attached hydrogens (tertiary/aromatic N) is 3. The topological polar surface area (TPSA) is 114 Å². The van der Waals surface area contributed by atoms with Crippen LogP contribution in [0.15, 0.2) is 5.16 Å². The van der Waals surface area contributed by atoms with Crippen LogP contribution in [0.4, 0.5) is 13.9 Å². The maximum Gasteiger partial charge on any atom is 0.362 e. The summed E-state index contributed by atoms with van der Waals surface area (Å²) in [5, 5.41) is 14.0. The SMILES string of the molecule is O=CNc1nc(/C(=N/OCC(F)F)C(=O)O)ns1. The summed E-state index contributed by atoms with van der Waals surface area (Å²) in [6.07, 6.45) is -2.45. The van der Waals surface area contributed by atoms with Gasteiger partial charge in [-0.05, 0) is 0 Å². The Hall–Kier alpha value is -2.17. The Bertz CT molecular complexity index is 464. The van der Waals surface area contributed by atoms with Crippen LogP contribution >= 0.6 is 11.5 Å². The molecule has 0 saturated heterocycles. The van der Waals surface area contributed by atoms with Gasteiger partial charge in [0.2, 0.25) is 23.1 Å². The lowest BCUT2D eigenvalue weighted by molar-refractivity contribution is -0.129. The molecule has 1 aromatic rings. The Kier molecular flexibility index (Phi) is 5.05. The number of nitrogens with one attached hydrogen (secondary N) is 1. The predicted molar refractivity (Wildman–Crippen MR) is 55.7 cm³/mol. The zero-order chi connectivity index (χ0) is 13.5. The number of hydrogen-bond donors (Lipinski definition) is 2. The van der Waals surface area contributed by atoms with Crippen molar-refractivity contribution in [2.75, 3.05) is 11.9 Å². The summed E-state index contributed by atoms with van der Waals surface area (Å²) in [6, 6.07) is 0. The number of aromatic nitrogens is 2. The Morgan fingerprint density at radius 2 is 2.39 bits per heavy atom. The van der Waals surface area contributed by atoms with Crippen LogP contribution in [0.2, 0.25) is 0 Å². The number of anilines is 1. The van der Waals surface area contributed by atoms with Gasteiger partial charge in [0, 0.05) is 11.5 Å². The number of oxime groups is 1. The van der Waals surface area contributed by atoms with Gasteiger partial charge in [0.15, 0.2) is 6.61 Å². The first-order valence-corrected chi connectivity index (χ1v) is 5.07. The molecule has 0 aliphatic heterocycles. The second kappa shape index (κ2) is 6.54. The third kappa shape index (κ3) is 4.01. The molecule has 0 saturated carbocycles. The molecule has 1 aromatic heterocycles. The van der Waals surface area contributed by atoms with Crippen LogP contribution in [0.25, 0.3) is 0 Å². The van der Waals surface area contributed by atoms with E-state index in [1.165, 1.54) is 0 Å². The van der Waals surface area contributed by atoms with E-state index in [0.717, 1.165) is 0 Å². The number of halogens is 2. The van der Waals surface area contributed by atoms with E-state index in [1.807, 2.05) is 0 Å². The number of amides is 1. The molecule has 0 spiro atoms. The molecule has 0 atom stereocenters. The van der Waals surface area contributed by atoms with Crippen LogP contribution in [0.5, 0.6) is 0 Å². The Balaban J connectivity index is 2.83. The number of alkyl halides is 2. The Labute approximate surface area is 102 Å². The number of aliphatic carboxylic acids is 1. The maximum atomic E-state index is 11.8. The highest BCUT2D eigenvalue weighted by Crippen LogP contribution is 2.11. The van der Waals surface area contributed by atoms with Gasteiger partial charge in [0.25, 0.3) is 6.43 Å². The van der Waals surface area contributed by atoms with Gasteiger partial charge >= 0.3 is 5.97 Å². The van der Waals surface area contributed by atoms with Gasteiger partial charge in [0.05, 0.1) is 0 Å². The van der Waals surface area contributed by atoms with Crippen molar-refractivity contribution in [1.82, 2.24) is 9.36 Å². The van der Waals surface area contributed by atoms with E-state index < -0.39 is 24.7 Å². The van der Waals surface area contributed by atoms with Crippen molar-refractivity contribution in [2.24, 2.45) is 5.16 Å². The second-order valence-electron chi connectivity index (χ2n) is 2.62. The highest BCUT2D eigenvalue weighted by Gasteiger charge is 2.19. The predicted octanol–water partition coefficient (Wildman–Crippen LogP) is 0.177. The molecule has 1 amide bonds. The third-order valence-electron chi connectivity index (χ3n) is 1.38. The number of carbonyl (C=O) groups is 2. The van der Waals surface area contributed by atoms with Gasteiger partial charge in [-0.3, -0.25) is 4.79 Å². The van der Waals surface area contributed by atoms with Crippen LogP contribution in [-0.4, -0.2) is 45.6 Å². The van der Waals surface area contributed by atoms with Crippen LogP contribution < -0.4 is 5.32 Å². The third-order valence-corrected chi connectivity index (χ3v) is 2.03. The van der Waals surface area contributed by atoms with Crippen LogP contribution in [0.3, 0.4) is 0 Å². The Morgan fingerprint density at radius 1 is 1.67 bits per heavy atom. The summed E-state index contributed by atoms with van der Waals surface area (Å²) in [6.45, 7) is -1.04. The number of carboxylic acid groups (broad SMARTS) is 1.